The Morgan fingerprint density at radius 3 is 2.50 bits per heavy atom. The molecule has 4 rings (SSSR count). The van der Waals surface area contributed by atoms with Gasteiger partial charge < -0.3 is 14.5 Å². The van der Waals surface area contributed by atoms with Crippen LogP contribution in [0, 0.1) is 13.8 Å². The van der Waals surface area contributed by atoms with Gasteiger partial charge in [-0.25, -0.2) is 4.98 Å². The van der Waals surface area contributed by atoms with Crippen molar-refractivity contribution in [3.8, 4) is 17.2 Å². The Morgan fingerprint density at radius 1 is 1.06 bits per heavy atom. The fraction of sp³-hybridized carbons (Fsp3) is 0.125. The summed E-state index contributed by atoms with van der Waals surface area (Å²) in [6, 6.07) is 16.3. The van der Waals surface area contributed by atoms with E-state index in [0.29, 0.717) is 39.0 Å². The highest BCUT2D eigenvalue weighted by atomic mass is 35.5. The number of aryl methyl sites for hydroxylation is 2. The van der Waals surface area contributed by atoms with Gasteiger partial charge in [0, 0.05) is 16.8 Å². The van der Waals surface area contributed by atoms with E-state index in [1.807, 2.05) is 38.1 Å². The maximum absolute atomic E-state index is 12.5. The summed E-state index contributed by atoms with van der Waals surface area (Å²) >= 11 is 11.5. The zero-order valence-electron chi connectivity index (χ0n) is 17.7. The average molecular weight is 466 g/mol. The van der Waals surface area contributed by atoms with E-state index in [1.165, 1.54) is 0 Å². The summed E-state index contributed by atoms with van der Waals surface area (Å²) in [6.45, 7) is 3.89. The number of oxazole rings is 1. The molecule has 0 radical (unpaired) electrons. The van der Waals surface area contributed by atoms with Crippen LogP contribution in [-0.4, -0.2) is 23.1 Å². The molecule has 0 spiro atoms. The molecular formula is C24H20ClN3O3S. The molecule has 1 amide bonds. The number of aromatic nitrogens is 1. The number of ether oxygens (including phenoxy) is 1. The minimum Gasteiger partial charge on any atom is -0.495 e. The third-order valence-corrected chi connectivity index (χ3v) is 5.25. The van der Waals surface area contributed by atoms with Crippen LogP contribution in [0.2, 0.25) is 5.02 Å². The highest BCUT2D eigenvalue weighted by Crippen LogP contribution is 2.32. The first-order chi connectivity index (χ1) is 15.3. The summed E-state index contributed by atoms with van der Waals surface area (Å²) in [4.78, 5) is 17.0. The van der Waals surface area contributed by atoms with Crippen LogP contribution >= 0.6 is 23.8 Å². The molecule has 2 N–H and O–H groups in total. The maximum Gasteiger partial charge on any atom is 0.257 e. The van der Waals surface area contributed by atoms with Gasteiger partial charge in [0.2, 0.25) is 5.89 Å². The van der Waals surface area contributed by atoms with Gasteiger partial charge in [-0.05, 0) is 74.6 Å². The molecule has 0 aliphatic carbocycles. The van der Waals surface area contributed by atoms with Gasteiger partial charge >= 0.3 is 0 Å². The van der Waals surface area contributed by atoms with Crippen molar-refractivity contribution in [1.82, 2.24) is 10.3 Å². The normalized spacial score (nSPS) is 10.8. The number of carbonyl (C=O) groups excluding carboxylic acids is 1. The van der Waals surface area contributed by atoms with Crippen LogP contribution in [0.15, 0.2) is 59.0 Å². The van der Waals surface area contributed by atoms with E-state index in [9.17, 15) is 4.79 Å². The summed E-state index contributed by atoms with van der Waals surface area (Å²) < 4.78 is 11.0. The van der Waals surface area contributed by atoms with Crippen molar-refractivity contribution in [3.63, 3.8) is 0 Å². The van der Waals surface area contributed by atoms with Gasteiger partial charge in [-0.2, -0.15) is 0 Å². The fourth-order valence-corrected chi connectivity index (χ4v) is 3.84. The Hall–Kier alpha value is -3.42. The zero-order valence-corrected chi connectivity index (χ0v) is 19.2. The molecule has 0 fully saturated rings. The van der Waals surface area contributed by atoms with Crippen molar-refractivity contribution < 1.29 is 13.9 Å². The first-order valence-electron chi connectivity index (χ1n) is 9.77. The number of nitrogens with one attached hydrogen (secondary N) is 2. The van der Waals surface area contributed by atoms with E-state index in [0.717, 1.165) is 16.7 Å². The average Bonchev–Trinajstić information content (AvgIpc) is 3.16. The second-order valence-corrected chi connectivity index (χ2v) is 8.15. The molecular weight excluding hydrogens is 446 g/mol. The second-order valence-electron chi connectivity index (χ2n) is 7.34. The number of benzene rings is 3. The van der Waals surface area contributed by atoms with Crippen molar-refractivity contribution in [2.24, 2.45) is 0 Å². The number of hydrogen-bond donors (Lipinski definition) is 2. The lowest BCUT2D eigenvalue weighted by Gasteiger charge is -2.10. The van der Waals surface area contributed by atoms with Crippen LogP contribution in [0.4, 0.5) is 5.69 Å². The Morgan fingerprint density at radius 2 is 1.81 bits per heavy atom. The third-order valence-electron chi connectivity index (χ3n) is 4.76. The summed E-state index contributed by atoms with van der Waals surface area (Å²) in [5.41, 5.74) is 5.25. The van der Waals surface area contributed by atoms with Crippen molar-refractivity contribution in [2.45, 2.75) is 13.8 Å². The van der Waals surface area contributed by atoms with Crippen LogP contribution in [-0.2, 0) is 0 Å². The summed E-state index contributed by atoms with van der Waals surface area (Å²) in [5.74, 6) is 0.747. The first kappa shape index (κ1) is 21.8. The van der Waals surface area contributed by atoms with E-state index < -0.39 is 0 Å². The molecule has 0 unspecified atom stereocenters. The largest absolute Gasteiger partial charge is 0.495 e. The number of thiocarbonyl (C=S) groups is 1. The predicted octanol–water partition coefficient (Wildman–Crippen LogP) is 5.90. The van der Waals surface area contributed by atoms with E-state index >= 15 is 0 Å². The number of halogens is 1. The van der Waals surface area contributed by atoms with Crippen molar-refractivity contribution in [3.05, 3.63) is 76.3 Å². The highest BCUT2D eigenvalue weighted by molar-refractivity contribution is 7.80. The summed E-state index contributed by atoms with van der Waals surface area (Å²) in [5, 5.41) is 6.39. The monoisotopic (exact) mass is 465 g/mol. The van der Waals surface area contributed by atoms with Gasteiger partial charge in [0.15, 0.2) is 10.7 Å². The van der Waals surface area contributed by atoms with Crippen LogP contribution in [0.1, 0.15) is 21.5 Å². The quantitative estimate of drug-likeness (QED) is 0.365. The number of carbonyl (C=O) groups is 1. The van der Waals surface area contributed by atoms with Crippen LogP contribution in [0.5, 0.6) is 5.75 Å². The van der Waals surface area contributed by atoms with Crippen LogP contribution in [0.25, 0.3) is 22.6 Å². The minimum absolute atomic E-state index is 0.194. The van der Waals surface area contributed by atoms with Gasteiger partial charge in [-0.3, -0.25) is 10.1 Å². The molecule has 4 aromatic rings. The molecule has 3 aromatic carbocycles. The van der Waals surface area contributed by atoms with Crippen molar-refractivity contribution >= 4 is 51.6 Å². The Bertz CT molecular complexity index is 1330. The number of nitrogens with zero attached hydrogens (tertiary/aromatic N) is 1. The van der Waals surface area contributed by atoms with Gasteiger partial charge in [0.1, 0.15) is 11.3 Å². The number of methoxy groups -OCH3 is 1. The third kappa shape index (κ3) is 4.74. The van der Waals surface area contributed by atoms with Gasteiger partial charge in [-0.1, -0.05) is 28.8 Å². The van der Waals surface area contributed by atoms with Crippen LogP contribution in [0.3, 0.4) is 0 Å². The van der Waals surface area contributed by atoms with Gasteiger partial charge in [-0.15, -0.1) is 0 Å². The van der Waals surface area contributed by atoms with Crippen molar-refractivity contribution in [2.75, 3.05) is 12.4 Å². The highest BCUT2D eigenvalue weighted by Gasteiger charge is 2.13. The lowest BCUT2D eigenvalue weighted by Crippen LogP contribution is -2.34. The summed E-state index contributed by atoms with van der Waals surface area (Å²) in [6.07, 6.45) is 0. The SMILES string of the molecule is COc1ccc(-c2nc3cc(NC(=S)NC(=O)c4cc(C)cc(C)c4)ccc3o2)cc1Cl. The van der Waals surface area contributed by atoms with E-state index in [1.54, 1.807) is 37.4 Å². The number of rotatable bonds is 4. The molecule has 0 atom stereocenters. The number of hydrogen-bond acceptors (Lipinski definition) is 5. The molecule has 1 heterocycles. The summed E-state index contributed by atoms with van der Waals surface area (Å²) in [7, 11) is 1.56. The molecule has 32 heavy (non-hydrogen) atoms. The first-order valence-corrected chi connectivity index (χ1v) is 10.6. The van der Waals surface area contributed by atoms with Crippen LogP contribution < -0.4 is 15.4 Å². The molecule has 0 saturated carbocycles. The van der Waals surface area contributed by atoms with E-state index in [4.69, 9.17) is 33.0 Å². The molecule has 8 heteroatoms. The second kappa shape index (κ2) is 8.98. The zero-order chi connectivity index (χ0) is 22.8. The van der Waals surface area contributed by atoms with E-state index in [-0.39, 0.29) is 11.0 Å². The topological polar surface area (TPSA) is 76.4 Å². The fourth-order valence-electron chi connectivity index (χ4n) is 3.37. The number of fused-ring (bicyclic) bond motifs is 1. The van der Waals surface area contributed by atoms with Crippen molar-refractivity contribution in [1.29, 1.82) is 0 Å². The van der Waals surface area contributed by atoms with Gasteiger partial charge in [0.25, 0.3) is 5.91 Å². The molecule has 1 aromatic heterocycles. The molecule has 0 aliphatic heterocycles. The maximum atomic E-state index is 12.5. The smallest absolute Gasteiger partial charge is 0.257 e. The minimum atomic E-state index is -0.268. The Kier molecular flexibility index (Phi) is 6.12. The molecule has 6 nitrogen and oxygen atoms in total. The molecule has 0 aliphatic rings. The number of amides is 1. The predicted molar refractivity (Wildman–Crippen MR) is 131 cm³/mol. The molecule has 162 valence electrons. The molecule has 0 saturated heterocycles. The Labute approximate surface area is 195 Å². The lowest BCUT2D eigenvalue weighted by atomic mass is 10.1. The molecule has 0 bridgehead atoms. The standard InChI is InChI=1S/C24H20ClN3O3S/c1-13-8-14(2)10-16(9-13)22(29)28-24(32)26-17-5-7-21-19(12-17)27-23(31-21)15-4-6-20(30-3)18(25)11-15/h4-12H,1-3H3,(H2,26,28,29,32). The number of anilines is 1. The van der Waals surface area contributed by atoms with E-state index in [2.05, 4.69) is 15.6 Å². The lowest BCUT2D eigenvalue weighted by molar-refractivity contribution is 0.0977. The Balaban J connectivity index is 1.49. The van der Waals surface area contributed by atoms with Gasteiger partial charge in [0.05, 0.1) is 12.1 Å².